The van der Waals surface area contributed by atoms with E-state index in [0.29, 0.717) is 22.7 Å². The van der Waals surface area contributed by atoms with Crippen LogP contribution in [-0.2, 0) is 23.6 Å². The zero-order chi connectivity index (χ0) is 17.9. The zero-order valence-corrected chi connectivity index (χ0v) is 14.1. The first-order valence-corrected chi connectivity index (χ1v) is 7.93. The third kappa shape index (κ3) is 2.08. The maximum absolute atomic E-state index is 12.9. The highest BCUT2D eigenvalue weighted by Gasteiger charge is 2.41. The van der Waals surface area contributed by atoms with Crippen molar-refractivity contribution in [2.24, 2.45) is 14.1 Å². The lowest BCUT2D eigenvalue weighted by Crippen LogP contribution is -2.43. The molecule has 0 aliphatic carbocycles. The normalized spacial score (nSPS) is 18.5. The molecular formula is C18H17N3O4. The number of rotatable bonds is 1. The summed E-state index contributed by atoms with van der Waals surface area (Å²) in [6.07, 6.45) is 0. The Labute approximate surface area is 143 Å². The number of aryl methyl sites for hydroxylation is 1. The second-order valence-electron chi connectivity index (χ2n) is 6.41. The van der Waals surface area contributed by atoms with Crippen LogP contribution in [0.4, 0.5) is 5.82 Å². The number of esters is 1. The average Bonchev–Trinajstić information content (AvgIpc) is 2.97. The number of fused-ring (bicyclic) bond motifs is 1. The molecule has 2 aliphatic rings. The van der Waals surface area contributed by atoms with Gasteiger partial charge in [-0.2, -0.15) is 0 Å². The first-order chi connectivity index (χ1) is 11.9. The van der Waals surface area contributed by atoms with Crippen molar-refractivity contribution in [3.63, 3.8) is 0 Å². The minimum atomic E-state index is -0.563. The topological polar surface area (TPSA) is 82.3 Å². The predicted molar refractivity (Wildman–Crippen MR) is 91.6 cm³/mol. The minimum Gasteiger partial charge on any atom is -0.456 e. The van der Waals surface area contributed by atoms with Crippen LogP contribution in [0.3, 0.4) is 0 Å². The molecule has 2 aromatic rings. The molecular weight excluding hydrogens is 322 g/mol. The van der Waals surface area contributed by atoms with Gasteiger partial charge >= 0.3 is 11.7 Å². The SMILES string of the molecule is Cc1cccc([C@@H]2C3=C(COC3=O)Nc3c2c(=O)n(C)c(=O)n3C)c1. The van der Waals surface area contributed by atoms with Crippen molar-refractivity contribution >= 4 is 11.8 Å². The Morgan fingerprint density at radius 1 is 1.16 bits per heavy atom. The van der Waals surface area contributed by atoms with Crippen LogP contribution in [0.1, 0.15) is 22.6 Å². The van der Waals surface area contributed by atoms with Crippen molar-refractivity contribution in [3.05, 3.63) is 73.1 Å². The minimum absolute atomic E-state index is 0.110. The van der Waals surface area contributed by atoms with E-state index in [2.05, 4.69) is 5.32 Å². The fourth-order valence-corrected chi connectivity index (χ4v) is 3.56. The van der Waals surface area contributed by atoms with Crippen LogP contribution in [-0.4, -0.2) is 21.7 Å². The molecule has 0 radical (unpaired) electrons. The van der Waals surface area contributed by atoms with Gasteiger partial charge in [-0.15, -0.1) is 0 Å². The molecule has 2 aliphatic heterocycles. The summed E-state index contributed by atoms with van der Waals surface area (Å²) in [5.41, 5.74) is 2.43. The number of hydrogen-bond acceptors (Lipinski definition) is 5. The van der Waals surface area contributed by atoms with Crippen molar-refractivity contribution < 1.29 is 9.53 Å². The summed E-state index contributed by atoms with van der Waals surface area (Å²) < 4.78 is 7.64. The monoisotopic (exact) mass is 339 g/mol. The molecule has 7 nitrogen and oxygen atoms in total. The number of cyclic esters (lactones) is 1. The summed E-state index contributed by atoms with van der Waals surface area (Å²) in [5.74, 6) is -0.584. The summed E-state index contributed by atoms with van der Waals surface area (Å²) in [4.78, 5) is 37.5. The number of carbonyl (C=O) groups is 1. The molecule has 0 saturated carbocycles. The summed E-state index contributed by atoms with van der Waals surface area (Å²) in [7, 11) is 3.04. The lowest BCUT2D eigenvalue weighted by Gasteiger charge is -2.28. The molecule has 25 heavy (non-hydrogen) atoms. The van der Waals surface area contributed by atoms with E-state index in [1.54, 1.807) is 7.05 Å². The molecule has 0 saturated heterocycles. The summed E-state index contributed by atoms with van der Waals surface area (Å²) >= 11 is 0. The molecule has 1 atom stereocenters. The Balaban J connectivity index is 2.10. The van der Waals surface area contributed by atoms with E-state index < -0.39 is 23.1 Å². The summed E-state index contributed by atoms with van der Waals surface area (Å²) in [6, 6.07) is 7.67. The Hall–Kier alpha value is -3.09. The molecule has 1 N–H and O–H groups in total. The van der Waals surface area contributed by atoms with Gasteiger partial charge in [0.25, 0.3) is 5.56 Å². The van der Waals surface area contributed by atoms with Gasteiger partial charge in [-0.05, 0) is 12.5 Å². The number of benzene rings is 1. The Bertz CT molecular complexity index is 1070. The van der Waals surface area contributed by atoms with Gasteiger partial charge in [-0.3, -0.25) is 13.9 Å². The molecule has 0 bridgehead atoms. The first kappa shape index (κ1) is 15.4. The van der Waals surface area contributed by atoms with E-state index in [1.165, 1.54) is 11.6 Å². The number of ether oxygens (including phenoxy) is 1. The van der Waals surface area contributed by atoms with Crippen molar-refractivity contribution in [1.29, 1.82) is 0 Å². The Morgan fingerprint density at radius 3 is 2.64 bits per heavy atom. The van der Waals surface area contributed by atoms with E-state index in [1.807, 2.05) is 31.2 Å². The zero-order valence-electron chi connectivity index (χ0n) is 14.1. The third-order valence-electron chi connectivity index (χ3n) is 4.81. The van der Waals surface area contributed by atoms with E-state index in [-0.39, 0.29) is 6.61 Å². The van der Waals surface area contributed by atoms with Gasteiger partial charge in [0.05, 0.1) is 22.8 Å². The molecule has 4 rings (SSSR count). The second kappa shape index (κ2) is 5.20. The van der Waals surface area contributed by atoms with Crippen LogP contribution in [0.2, 0.25) is 0 Å². The van der Waals surface area contributed by atoms with E-state index in [4.69, 9.17) is 4.74 Å². The lowest BCUT2D eigenvalue weighted by molar-refractivity contribution is -0.136. The number of nitrogens with one attached hydrogen (secondary N) is 1. The van der Waals surface area contributed by atoms with Crippen LogP contribution in [0, 0.1) is 6.92 Å². The predicted octanol–water partition coefficient (Wildman–Crippen LogP) is 0.761. The van der Waals surface area contributed by atoms with Crippen molar-refractivity contribution in [3.8, 4) is 0 Å². The van der Waals surface area contributed by atoms with E-state index >= 15 is 0 Å². The first-order valence-electron chi connectivity index (χ1n) is 7.93. The number of anilines is 1. The molecule has 128 valence electrons. The van der Waals surface area contributed by atoms with Crippen LogP contribution in [0.15, 0.2) is 45.1 Å². The third-order valence-corrected chi connectivity index (χ3v) is 4.81. The highest BCUT2D eigenvalue weighted by molar-refractivity contribution is 5.96. The van der Waals surface area contributed by atoms with Crippen LogP contribution in [0.5, 0.6) is 0 Å². The van der Waals surface area contributed by atoms with E-state index in [0.717, 1.165) is 15.7 Å². The number of aromatic nitrogens is 2. The molecule has 7 heteroatoms. The maximum atomic E-state index is 12.9. The number of nitrogens with zero attached hydrogens (tertiary/aromatic N) is 2. The second-order valence-corrected chi connectivity index (χ2v) is 6.41. The standard InChI is InChI=1S/C18H17N3O4/c1-9-5-4-6-10(7-9)12-13-11(8-25-17(13)23)19-15-14(12)16(22)21(3)18(24)20(15)2/h4-7,12,19H,8H2,1-3H3/t12-/m1/s1. The van der Waals surface area contributed by atoms with E-state index in [9.17, 15) is 14.4 Å². The fraction of sp³-hybridized carbons (Fsp3) is 0.278. The van der Waals surface area contributed by atoms with Gasteiger partial charge in [0.15, 0.2) is 0 Å². The lowest BCUT2D eigenvalue weighted by atomic mass is 9.82. The van der Waals surface area contributed by atoms with Gasteiger partial charge in [0, 0.05) is 14.1 Å². The van der Waals surface area contributed by atoms with Gasteiger partial charge in [0.1, 0.15) is 12.4 Å². The van der Waals surface area contributed by atoms with Gasteiger partial charge in [-0.25, -0.2) is 9.59 Å². The molecule has 1 aromatic carbocycles. The molecule has 3 heterocycles. The van der Waals surface area contributed by atoms with Gasteiger partial charge in [-0.1, -0.05) is 29.8 Å². The van der Waals surface area contributed by atoms with Crippen LogP contribution < -0.4 is 16.6 Å². The highest BCUT2D eigenvalue weighted by atomic mass is 16.5. The number of hydrogen-bond donors (Lipinski definition) is 1. The highest BCUT2D eigenvalue weighted by Crippen LogP contribution is 2.42. The summed E-state index contributed by atoms with van der Waals surface area (Å²) in [6.45, 7) is 2.06. The maximum Gasteiger partial charge on any atom is 0.337 e. The average molecular weight is 339 g/mol. The van der Waals surface area contributed by atoms with Crippen molar-refractivity contribution in [2.45, 2.75) is 12.8 Å². The molecule has 1 aromatic heterocycles. The quantitative estimate of drug-likeness (QED) is 0.776. The molecule has 0 amide bonds. The fourth-order valence-electron chi connectivity index (χ4n) is 3.56. The number of carbonyl (C=O) groups excluding carboxylic acids is 1. The van der Waals surface area contributed by atoms with Crippen LogP contribution >= 0.6 is 0 Å². The van der Waals surface area contributed by atoms with Crippen molar-refractivity contribution in [1.82, 2.24) is 9.13 Å². The summed E-state index contributed by atoms with van der Waals surface area (Å²) in [5, 5.41) is 3.06. The van der Waals surface area contributed by atoms with Gasteiger partial charge < -0.3 is 10.1 Å². The van der Waals surface area contributed by atoms with Crippen LogP contribution in [0.25, 0.3) is 0 Å². The molecule has 0 spiro atoms. The molecule has 0 unspecified atom stereocenters. The Morgan fingerprint density at radius 2 is 1.92 bits per heavy atom. The molecule has 0 fully saturated rings. The Kier molecular flexibility index (Phi) is 3.21. The van der Waals surface area contributed by atoms with Gasteiger partial charge in [0.2, 0.25) is 0 Å². The smallest absolute Gasteiger partial charge is 0.337 e. The largest absolute Gasteiger partial charge is 0.456 e. The van der Waals surface area contributed by atoms with Crippen molar-refractivity contribution in [2.75, 3.05) is 11.9 Å².